The number of aromatic nitrogens is 2. The van der Waals surface area contributed by atoms with Crippen LogP contribution in [0.5, 0.6) is 0 Å². The molecule has 142 valence electrons. The lowest BCUT2D eigenvalue weighted by Gasteiger charge is -2.06. The van der Waals surface area contributed by atoms with Gasteiger partial charge in [-0.3, -0.25) is 4.79 Å². The maximum atomic E-state index is 12.4. The Labute approximate surface area is 161 Å². The Morgan fingerprint density at radius 2 is 2.07 bits per heavy atom. The third-order valence-electron chi connectivity index (χ3n) is 3.91. The Morgan fingerprint density at radius 1 is 1.26 bits per heavy atom. The molecule has 0 aliphatic heterocycles. The summed E-state index contributed by atoms with van der Waals surface area (Å²) >= 11 is 6.07. The molecule has 2 heterocycles. The Kier molecular flexibility index (Phi) is 5.67. The zero-order valence-corrected chi connectivity index (χ0v) is 16.1. The number of rotatable bonds is 7. The van der Waals surface area contributed by atoms with Crippen LogP contribution < -0.4 is 5.32 Å². The van der Waals surface area contributed by atoms with E-state index in [1.54, 1.807) is 54.1 Å². The van der Waals surface area contributed by atoms with Crippen molar-refractivity contribution in [2.75, 3.05) is 18.1 Å². The fourth-order valence-corrected chi connectivity index (χ4v) is 3.34. The van der Waals surface area contributed by atoms with Crippen molar-refractivity contribution in [3.8, 4) is 17.1 Å². The van der Waals surface area contributed by atoms with Crippen molar-refractivity contribution < 1.29 is 17.6 Å². The van der Waals surface area contributed by atoms with Gasteiger partial charge < -0.3 is 9.73 Å². The van der Waals surface area contributed by atoms with Crippen LogP contribution in [0.15, 0.2) is 53.1 Å². The number of benzene rings is 1. The van der Waals surface area contributed by atoms with Crippen LogP contribution in [0.2, 0.25) is 5.02 Å². The summed E-state index contributed by atoms with van der Waals surface area (Å²) in [7, 11) is -3.15. The van der Waals surface area contributed by atoms with E-state index in [-0.39, 0.29) is 23.7 Å². The van der Waals surface area contributed by atoms with E-state index < -0.39 is 15.7 Å². The second-order valence-electron chi connectivity index (χ2n) is 5.78. The number of sulfone groups is 1. The lowest BCUT2D eigenvalue weighted by Crippen LogP contribution is -2.30. The van der Waals surface area contributed by atoms with Gasteiger partial charge in [0.15, 0.2) is 21.3 Å². The van der Waals surface area contributed by atoms with Gasteiger partial charge in [0.1, 0.15) is 5.69 Å². The molecule has 0 unspecified atom stereocenters. The molecule has 3 rings (SSSR count). The van der Waals surface area contributed by atoms with Crippen molar-refractivity contribution >= 4 is 27.3 Å². The summed E-state index contributed by atoms with van der Waals surface area (Å²) in [5.41, 5.74) is 1.39. The number of carbonyl (C=O) groups is 1. The SMILES string of the molecule is CCS(=O)(=O)CCNC(=O)c1cc(-c2ccco2)n(-c2cccc(Cl)c2)n1. The number of hydrogen-bond acceptors (Lipinski definition) is 5. The number of furan rings is 1. The molecule has 0 spiro atoms. The summed E-state index contributed by atoms with van der Waals surface area (Å²) in [5.74, 6) is -0.00513. The molecule has 1 aromatic carbocycles. The van der Waals surface area contributed by atoms with Gasteiger partial charge in [0.05, 0.1) is 17.7 Å². The lowest BCUT2D eigenvalue weighted by molar-refractivity contribution is 0.0950. The molecule has 0 radical (unpaired) electrons. The minimum Gasteiger partial charge on any atom is -0.463 e. The molecular formula is C18H18ClN3O4S. The summed E-state index contributed by atoms with van der Waals surface area (Å²) in [6, 6.07) is 12.1. The molecule has 27 heavy (non-hydrogen) atoms. The molecule has 3 aromatic rings. The van der Waals surface area contributed by atoms with Crippen LogP contribution in [0.4, 0.5) is 0 Å². The van der Waals surface area contributed by atoms with E-state index in [4.69, 9.17) is 16.0 Å². The highest BCUT2D eigenvalue weighted by Gasteiger charge is 2.19. The first-order chi connectivity index (χ1) is 12.9. The van der Waals surface area contributed by atoms with Crippen LogP contribution in [-0.4, -0.2) is 42.2 Å². The highest BCUT2D eigenvalue weighted by Crippen LogP contribution is 2.25. The van der Waals surface area contributed by atoms with Gasteiger partial charge in [0.2, 0.25) is 0 Å². The Hall–Kier alpha value is -2.58. The predicted molar refractivity (Wildman–Crippen MR) is 103 cm³/mol. The van der Waals surface area contributed by atoms with Crippen molar-refractivity contribution in [3.63, 3.8) is 0 Å². The highest BCUT2D eigenvalue weighted by atomic mass is 35.5. The fourth-order valence-electron chi connectivity index (χ4n) is 2.45. The largest absolute Gasteiger partial charge is 0.463 e. The number of hydrogen-bond donors (Lipinski definition) is 1. The molecule has 1 amide bonds. The van der Waals surface area contributed by atoms with Gasteiger partial charge in [-0.2, -0.15) is 5.10 Å². The normalized spacial score (nSPS) is 11.5. The van der Waals surface area contributed by atoms with Gasteiger partial charge in [-0.15, -0.1) is 0 Å². The molecule has 9 heteroatoms. The first-order valence-corrected chi connectivity index (χ1v) is 10.5. The van der Waals surface area contributed by atoms with Crippen molar-refractivity contribution in [2.45, 2.75) is 6.92 Å². The van der Waals surface area contributed by atoms with E-state index in [1.807, 2.05) is 0 Å². The smallest absolute Gasteiger partial charge is 0.271 e. The number of nitrogens with one attached hydrogen (secondary N) is 1. The molecule has 0 saturated carbocycles. The zero-order chi connectivity index (χ0) is 19.4. The van der Waals surface area contributed by atoms with Crippen molar-refractivity contribution in [3.05, 3.63) is 59.4 Å². The van der Waals surface area contributed by atoms with E-state index >= 15 is 0 Å². The van der Waals surface area contributed by atoms with Crippen LogP contribution in [0.3, 0.4) is 0 Å². The topological polar surface area (TPSA) is 94.2 Å². The zero-order valence-electron chi connectivity index (χ0n) is 14.6. The highest BCUT2D eigenvalue weighted by molar-refractivity contribution is 7.91. The molecule has 7 nitrogen and oxygen atoms in total. The quantitative estimate of drug-likeness (QED) is 0.649. The number of amides is 1. The monoisotopic (exact) mass is 407 g/mol. The summed E-state index contributed by atoms with van der Waals surface area (Å²) in [5, 5.41) is 7.47. The minimum absolute atomic E-state index is 0.0229. The molecule has 2 aromatic heterocycles. The third kappa shape index (κ3) is 4.58. The summed E-state index contributed by atoms with van der Waals surface area (Å²) in [6.07, 6.45) is 1.53. The van der Waals surface area contributed by atoms with Crippen molar-refractivity contribution in [1.82, 2.24) is 15.1 Å². The second-order valence-corrected chi connectivity index (χ2v) is 8.69. The molecule has 0 saturated heterocycles. The molecule has 0 atom stereocenters. The van der Waals surface area contributed by atoms with E-state index in [0.29, 0.717) is 22.2 Å². The van der Waals surface area contributed by atoms with Crippen LogP contribution >= 0.6 is 11.6 Å². The standard InChI is InChI=1S/C18H18ClN3O4S/c1-2-27(24,25)10-8-20-18(23)15-12-16(17-7-4-9-26-17)22(21-15)14-6-3-5-13(19)11-14/h3-7,9,11-12H,2,8,10H2,1H3,(H,20,23). The maximum Gasteiger partial charge on any atom is 0.271 e. The van der Waals surface area contributed by atoms with Gasteiger partial charge in [-0.1, -0.05) is 24.6 Å². The number of carbonyl (C=O) groups excluding carboxylic acids is 1. The Balaban J connectivity index is 1.89. The molecule has 0 fully saturated rings. The van der Waals surface area contributed by atoms with E-state index in [9.17, 15) is 13.2 Å². The van der Waals surface area contributed by atoms with E-state index in [0.717, 1.165) is 0 Å². The second kappa shape index (κ2) is 7.98. The van der Waals surface area contributed by atoms with Crippen molar-refractivity contribution in [2.24, 2.45) is 0 Å². The Morgan fingerprint density at radius 3 is 2.74 bits per heavy atom. The van der Waals surface area contributed by atoms with Crippen LogP contribution in [0.25, 0.3) is 17.1 Å². The number of halogens is 1. The third-order valence-corrected chi connectivity index (χ3v) is 5.85. The summed E-state index contributed by atoms with van der Waals surface area (Å²) < 4.78 is 30.1. The number of nitrogens with zero attached hydrogens (tertiary/aromatic N) is 2. The van der Waals surface area contributed by atoms with Crippen LogP contribution in [0, 0.1) is 0 Å². The van der Waals surface area contributed by atoms with Gasteiger partial charge in [0, 0.05) is 23.4 Å². The Bertz CT molecular complexity index is 1040. The summed E-state index contributed by atoms with van der Waals surface area (Å²) in [4.78, 5) is 12.4. The van der Waals surface area contributed by atoms with Crippen LogP contribution in [0.1, 0.15) is 17.4 Å². The fraction of sp³-hybridized carbons (Fsp3) is 0.222. The van der Waals surface area contributed by atoms with Gasteiger partial charge >= 0.3 is 0 Å². The molecule has 0 aliphatic carbocycles. The van der Waals surface area contributed by atoms with E-state index in [2.05, 4.69) is 10.4 Å². The van der Waals surface area contributed by atoms with Gasteiger partial charge in [0.25, 0.3) is 5.91 Å². The first-order valence-electron chi connectivity index (χ1n) is 8.28. The van der Waals surface area contributed by atoms with Crippen LogP contribution in [-0.2, 0) is 9.84 Å². The van der Waals surface area contributed by atoms with E-state index in [1.165, 1.54) is 6.26 Å². The van der Waals surface area contributed by atoms with Gasteiger partial charge in [-0.05, 0) is 30.3 Å². The molecule has 0 bridgehead atoms. The first kappa shape index (κ1) is 19.2. The maximum absolute atomic E-state index is 12.4. The van der Waals surface area contributed by atoms with Crippen molar-refractivity contribution in [1.29, 1.82) is 0 Å². The molecule has 1 N–H and O–H groups in total. The summed E-state index contributed by atoms with van der Waals surface area (Å²) in [6.45, 7) is 1.59. The van der Waals surface area contributed by atoms with Gasteiger partial charge in [-0.25, -0.2) is 13.1 Å². The predicted octanol–water partition coefficient (Wildman–Crippen LogP) is 2.95. The average molecular weight is 408 g/mol. The molecular weight excluding hydrogens is 390 g/mol. The average Bonchev–Trinajstić information content (AvgIpc) is 3.31. The lowest BCUT2D eigenvalue weighted by atomic mass is 10.2. The minimum atomic E-state index is -3.15. The molecule has 0 aliphatic rings.